The molecule has 0 atom stereocenters. The molecule has 0 unspecified atom stereocenters. The second-order valence-corrected chi connectivity index (χ2v) is 7.37. The maximum atomic E-state index is 2.32. The first-order valence-corrected chi connectivity index (χ1v) is 9.69. The van der Waals surface area contributed by atoms with Gasteiger partial charge in [-0.2, -0.15) is 0 Å². The fraction of sp³-hybridized carbons (Fsp3) is 0.111. The van der Waals surface area contributed by atoms with E-state index in [1.807, 2.05) is 0 Å². The third-order valence-electron chi connectivity index (χ3n) is 5.68. The molecule has 0 N–H and O–H groups in total. The molecule has 0 bridgehead atoms. The number of rotatable bonds is 1. The van der Waals surface area contributed by atoms with Crippen molar-refractivity contribution in [1.29, 1.82) is 0 Å². The zero-order valence-electron chi connectivity index (χ0n) is 15.8. The lowest BCUT2D eigenvalue weighted by Crippen LogP contribution is -1.92. The third kappa shape index (κ3) is 2.52. The first-order valence-electron chi connectivity index (χ1n) is 9.69. The number of benzene rings is 4. The van der Waals surface area contributed by atoms with Gasteiger partial charge in [-0.15, -0.1) is 0 Å². The fourth-order valence-corrected chi connectivity index (χ4v) is 4.17. The van der Waals surface area contributed by atoms with Gasteiger partial charge in [0.25, 0.3) is 0 Å². The lowest BCUT2D eigenvalue weighted by Gasteiger charge is -2.05. The van der Waals surface area contributed by atoms with E-state index in [4.69, 9.17) is 0 Å². The standard InChI is InChI=1S/C14H12.C13H10/c1-2-10-7-8-13-11-5-3-4-6-12(11)14(13)9-10;1-9-6-7-12-10-4-2-3-5-11(10)13(12)8-9/h3-9H,2H2,1H3;2-8H,1H3. The normalized spacial score (nSPS) is 11.5. The van der Waals surface area contributed by atoms with E-state index in [0.29, 0.717) is 0 Å². The van der Waals surface area contributed by atoms with Crippen molar-refractivity contribution < 1.29 is 0 Å². The molecule has 4 aromatic carbocycles. The summed E-state index contributed by atoms with van der Waals surface area (Å²) in [4.78, 5) is 0. The first-order chi connectivity index (χ1) is 13.3. The van der Waals surface area contributed by atoms with Crippen LogP contribution in [0.15, 0.2) is 84.9 Å². The van der Waals surface area contributed by atoms with Crippen molar-refractivity contribution in [3.05, 3.63) is 138 Å². The summed E-state index contributed by atoms with van der Waals surface area (Å²) in [5.41, 5.74) is 2.77. The molecule has 0 spiro atoms. The average Bonchev–Trinajstić information content (AvgIpc) is 2.71. The quantitative estimate of drug-likeness (QED) is 0.341. The molecular weight excluding hydrogens is 324 g/mol. The molecule has 0 heteroatoms. The number of hydrogen-bond acceptors (Lipinski definition) is 0. The minimum absolute atomic E-state index is 1.12. The number of hydrogen-bond donors (Lipinski definition) is 0. The van der Waals surface area contributed by atoms with Gasteiger partial charge in [0.15, 0.2) is 0 Å². The van der Waals surface area contributed by atoms with Gasteiger partial charge in [-0.3, -0.25) is 0 Å². The van der Waals surface area contributed by atoms with Crippen molar-refractivity contribution in [3.63, 3.8) is 0 Å². The van der Waals surface area contributed by atoms with Gasteiger partial charge in [0.2, 0.25) is 0 Å². The zero-order valence-corrected chi connectivity index (χ0v) is 15.8. The van der Waals surface area contributed by atoms with Crippen molar-refractivity contribution in [2.45, 2.75) is 20.3 Å². The summed E-state index contributed by atoms with van der Waals surface area (Å²) in [6, 6.07) is 30.6. The van der Waals surface area contributed by atoms with Crippen LogP contribution in [0.2, 0.25) is 0 Å². The molecule has 2 aliphatic carbocycles. The molecule has 0 nitrogen and oxygen atoms in total. The summed E-state index contributed by atoms with van der Waals surface area (Å²) in [6.45, 7) is 4.34. The summed E-state index contributed by atoms with van der Waals surface area (Å²) in [7, 11) is 0. The molecule has 130 valence electrons. The summed E-state index contributed by atoms with van der Waals surface area (Å²) in [6.07, 6.45) is 1.12. The van der Waals surface area contributed by atoms with Crippen LogP contribution in [0.5, 0.6) is 0 Å². The molecule has 0 aliphatic heterocycles. The van der Waals surface area contributed by atoms with E-state index < -0.39 is 0 Å². The fourth-order valence-electron chi connectivity index (χ4n) is 4.17. The minimum Gasteiger partial charge on any atom is -0.0616 e. The van der Waals surface area contributed by atoms with Crippen molar-refractivity contribution >= 4 is 0 Å². The van der Waals surface area contributed by atoms with Crippen LogP contribution in [-0.4, -0.2) is 0 Å². The van der Waals surface area contributed by atoms with Gasteiger partial charge >= 0.3 is 0 Å². The maximum absolute atomic E-state index is 2.32. The van der Waals surface area contributed by atoms with E-state index in [2.05, 4.69) is 98.8 Å². The lowest BCUT2D eigenvalue weighted by atomic mass is 9.99. The Kier molecular flexibility index (Phi) is 3.72. The molecular formula is C27H22. The van der Waals surface area contributed by atoms with E-state index in [1.165, 1.54) is 52.9 Å². The Morgan fingerprint density at radius 3 is 1.48 bits per heavy atom. The van der Waals surface area contributed by atoms with Gasteiger partial charge < -0.3 is 0 Å². The molecule has 0 heterocycles. The van der Waals surface area contributed by atoms with Crippen LogP contribution < -0.4 is 0 Å². The van der Waals surface area contributed by atoms with Crippen LogP contribution >= 0.6 is 0 Å². The average molecular weight is 346 g/mol. The van der Waals surface area contributed by atoms with E-state index in [-0.39, 0.29) is 0 Å². The van der Waals surface area contributed by atoms with Crippen molar-refractivity contribution in [1.82, 2.24) is 0 Å². The monoisotopic (exact) mass is 346 g/mol. The van der Waals surface area contributed by atoms with Gasteiger partial charge in [-0.25, -0.2) is 0 Å². The highest BCUT2D eigenvalue weighted by atomic mass is 14.1. The summed E-state index contributed by atoms with van der Waals surface area (Å²) in [5.74, 6) is 0. The largest absolute Gasteiger partial charge is 0.0616 e. The molecule has 0 amide bonds. The minimum atomic E-state index is 1.12. The summed E-state index contributed by atoms with van der Waals surface area (Å²) >= 11 is 0. The third-order valence-corrected chi connectivity index (χ3v) is 5.68. The highest BCUT2D eigenvalue weighted by molar-refractivity contribution is 5.32. The molecule has 27 heavy (non-hydrogen) atoms. The highest BCUT2D eigenvalue weighted by Gasteiger charge is 2.01. The lowest BCUT2D eigenvalue weighted by molar-refractivity contribution is 1.12. The predicted molar refractivity (Wildman–Crippen MR) is 111 cm³/mol. The molecule has 0 aromatic heterocycles. The van der Waals surface area contributed by atoms with Crippen LogP contribution in [0.4, 0.5) is 0 Å². The van der Waals surface area contributed by atoms with Crippen molar-refractivity contribution in [3.8, 4) is 0 Å². The Morgan fingerprint density at radius 1 is 0.481 bits per heavy atom. The number of aryl methyl sites for hydroxylation is 2. The number of fused-ring (bicyclic) bond motifs is 4. The van der Waals surface area contributed by atoms with E-state index in [9.17, 15) is 0 Å². The first kappa shape index (κ1) is 16.1. The second-order valence-electron chi connectivity index (χ2n) is 7.37. The van der Waals surface area contributed by atoms with Gasteiger partial charge in [-0.05, 0) is 60.7 Å². The van der Waals surface area contributed by atoms with Crippen LogP contribution in [0, 0.1) is 48.7 Å². The molecule has 0 fully saturated rings. The van der Waals surface area contributed by atoms with Crippen molar-refractivity contribution in [2.24, 2.45) is 0 Å². The Hall–Kier alpha value is -3.12. The predicted octanol–water partition coefficient (Wildman–Crippen LogP) is 6.02. The van der Waals surface area contributed by atoms with Crippen LogP contribution in [0.1, 0.15) is 18.1 Å². The van der Waals surface area contributed by atoms with Gasteiger partial charge in [0, 0.05) is 0 Å². The van der Waals surface area contributed by atoms with Gasteiger partial charge in [0.05, 0.1) is 0 Å². The second kappa shape index (κ2) is 6.25. The summed E-state index contributed by atoms with van der Waals surface area (Å²) in [5, 5.41) is 11.3. The molecule has 0 saturated heterocycles. The Bertz CT molecular complexity index is 1560. The molecule has 0 radical (unpaired) electrons. The Morgan fingerprint density at radius 2 is 0.926 bits per heavy atom. The zero-order chi connectivity index (χ0) is 18.4. The van der Waals surface area contributed by atoms with Crippen molar-refractivity contribution in [2.75, 3.05) is 0 Å². The van der Waals surface area contributed by atoms with Crippen LogP contribution in [-0.2, 0) is 6.42 Å². The SMILES string of the molecule is CCc1ccc2c(c1)=c1ccccc1=2.Cc1ccc2c(c1)=c1ccccc1=2. The Balaban J connectivity index is 0.000000119. The maximum Gasteiger partial charge on any atom is -0.00962 e. The Labute approximate surface area is 158 Å². The molecule has 2 aliphatic rings. The van der Waals surface area contributed by atoms with Gasteiger partial charge in [0.1, 0.15) is 0 Å². The molecule has 4 aromatic rings. The van der Waals surface area contributed by atoms with Gasteiger partial charge in [-0.1, -0.05) is 97.4 Å². The smallest absolute Gasteiger partial charge is 0.00962 e. The summed E-state index contributed by atoms with van der Waals surface area (Å²) < 4.78 is 0. The van der Waals surface area contributed by atoms with Crippen LogP contribution in [0.25, 0.3) is 0 Å². The molecule has 0 saturated carbocycles. The van der Waals surface area contributed by atoms with E-state index >= 15 is 0 Å². The topological polar surface area (TPSA) is 0 Å². The van der Waals surface area contributed by atoms with E-state index in [1.54, 1.807) is 0 Å². The molecule has 6 rings (SSSR count). The van der Waals surface area contributed by atoms with E-state index in [0.717, 1.165) is 6.42 Å². The highest BCUT2D eigenvalue weighted by Crippen LogP contribution is 2.15. The van der Waals surface area contributed by atoms with Crippen LogP contribution in [0.3, 0.4) is 0 Å².